The van der Waals surface area contributed by atoms with Crippen molar-refractivity contribution in [1.82, 2.24) is 4.31 Å². The molecular formula is C15H24N2O3S. The van der Waals surface area contributed by atoms with Gasteiger partial charge in [0.15, 0.2) is 0 Å². The summed E-state index contributed by atoms with van der Waals surface area (Å²) in [7, 11) is -3.60. The third-order valence-electron chi connectivity index (χ3n) is 4.33. The standard InChI is InChI=1S/C15H24N2O3S/c1-5-6-15(18)8-17(9-15)21(19,20)14-11(3)10(2)7-13(16)12(14)4/h7,18H,5-6,8-9,16H2,1-4H3. The summed E-state index contributed by atoms with van der Waals surface area (Å²) in [4.78, 5) is 0.290. The fourth-order valence-corrected chi connectivity index (χ4v) is 5.09. The Morgan fingerprint density at radius 2 is 1.86 bits per heavy atom. The highest BCUT2D eigenvalue weighted by Crippen LogP contribution is 2.35. The number of hydrogen-bond donors (Lipinski definition) is 2. The average molecular weight is 312 g/mol. The van der Waals surface area contributed by atoms with Crippen LogP contribution in [0.3, 0.4) is 0 Å². The van der Waals surface area contributed by atoms with Crippen molar-refractivity contribution >= 4 is 15.7 Å². The lowest BCUT2D eigenvalue weighted by Gasteiger charge is -2.45. The first-order chi connectivity index (χ1) is 9.62. The lowest BCUT2D eigenvalue weighted by Crippen LogP contribution is -2.63. The summed E-state index contributed by atoms with van der Waals surface area (Å²) in [5, 5.41) is 10.2. The zero-order valence-electron chi connectivity index (χ0n) is 13.1. The highest BCUT2D eigenvalue weighted by Gasteiger charge is 2.47. The molecule has 1 aromatic rings. The summed E-state index contributed by atoms with van der Waals surface area (Å²) in [6.45, 7) is 7.68. The lowest BCUT2D eigenvalue weighted by atomic mass is 9.92. The molecule has 0 amide bonds. The van der Waals surface area contributed by atoms with Crippen LogP contribution < -0.4 is 5.73 Å². The molecule has 0 bridgehead atoms. The van der Waals surface area contributed by atoms with Crippen molar-refractivity contribution in [2.75, 3.05) is 18.8 Å². The predicted molar refractivity (Wildman–Crippen MR) is 83.7 cm³/mol. The number of benzene rings is 1. The van der Waals surface area contributed by atoms with Gasteiger partial charge in [0.05, 0.1) is 10.5 Å². The quantitative estimate of drug-likeness (QED) is 0.829. The first-order valence-corrected chi connectivity index (χ1v) is 8.65. The molecule has 21 heavy (non-hydrogen) atoms. The number of hydrogen-bond acceptors (Lipinski definition) is 4. The fraction of sp³-hybridized carbons (Fsp3) is 0.600. The molecule has 0 aromatic heterocycles. The zero-order chi connectivity index (χ0) is 16.0. The van der Waals surface area contributed by atoms with E-state index in [4.69, 9.17) is 5.73 Å². The summed E-state index contributed by atoms with van der Waals surface area (Å²) in [6.07, 6.45) is 1.45. The number of anilines is 1. The molecule has 1 aromatic carbocycles. The topological polar surface area (TPSA) is 83.6 Å². The van der Waals surface area contributed by atoms with E-state index in [0.29, 0.717) is 22.6 Å². The minimum atomic E-state index is -3.60. The van der Waals surface area contributed by atoms with E-state index in [1.54, 1.807) is 19.9 Å². The van der Waals surface area contributed by atoms with Crippen molar-refractivity contribution in [3.05, 3.63) is 22.8 Å². The van der Waals surface area contributed by atoms with E-state index >= 15 is 0 Å². The van der Waals surface area contributed by atoms with Gasteiger partial charge in [-0.15, -0.1) is 0 Å². The van der Waals surface area contributed by atoms with E-state index in [1.807, 2.05) is 13.8 Å². The summed E-state index contributed by atoms with van der Waals surface area (Å²) in [5.74, 6) is 0. The molecule has 0 aliphatic carbocycles. The fourth-order valence-electron chi connectivity index (χ4n) is 2.96. The van der Waals surface area contributed by atoms with Gasteiger partial charge in [-0.2, -0.15) is 4.31 Å². The molecule has 1 fully saturated rings. The molecule has 3 N–H and O–H groups in total. The SMILES string of the molecule is CCCC1(O)CN(S(=O)(=O)c2c(C)c(C)cc(N)c2C)C1. The number of β-amino-alcohol motifs (C(OH)–C–C–N with tert-alkyl or cyclic N) is 1. The van der Waals surface area contributed by atoms with Crippen molar-refractivity contribution < 1.29 is 13.5 Å². The van der Waals surface area contributed by atoms with Gasteiger partial charge in [-0.05, 0) is 49.9 Å². The Hall–Kier alpha value is -1.11. The van der Waals surface area contributed by atoms with E-state index < -0.39 is 15.6 Å². The van der Waals surface area contributed by atoms with E-state index in [-0.39, 0.29) is 13.1 Å². The molecule has 5 nitrogen and oxygen atoms in total. The number of aliphatic hydroxyl groups is 1. The Morgan fingerprint density at radius 1 is 1.29 bits per heavy atom. The van der Waals surface area contributed by atoms with Crippen LogP contribution in [0.15, 0.2) is 11.0 Å². The molecule has 118 valence electrons. The van der Waals surface area contributed by atoms with Crippen LogP contribution in [0, 0.1) is 20.8 Å². The second kappa shape index (κ2) is 5.26. The van der Waals surface area contributed by atoms with Crippen LogP contribution in [-0.2, 0) is 10.0 Å². The van der Waals surface area contributed by atoms with Crippen LogP contribution in [0.4, 0.5) is 5.69 Å². The first-order valence-electron chi connectivity index (χ1n) is 7.21. The monoisotopic (exact) mass is 312 g/mol. The maximum Gasteiger partial charge on any atom is 0.243 e. The van der Waals surface area contributed by atoms with Gasteiger partial charge in [-0.3, -0.25) is 0 Å². The number of sulfonamides is 1. The third-order valence-corrected chi connectivity index (χ3v) is 6.40. The molecule has 2 rings (SSSR count). The molecule has 1 saturated heterocycles. The maximum atomic E-state index is 12.8. The van der Waals surface area contributed by atoms with Crippen molar-refractivity contribution in [3.63, 3.8) is 0 Å². The Balaban J connectivity index is 2.39. The summed E-state index contributed by atoms with van der Waals surface area (Å²) in [5.41, 5.74) is 7.70. The molecule has 1 aliphatic rings. The largest absolute Gasteiger partial charge is 0.398 e. The van der Waals surface area contributed by atoms with Crippen LogP contribution >= 0.6 is 0 Å². The van der Waals surface area contributed by atoms with Gasteiger partial charge in [0.25, 0.3) is 0 Å². The highest BCUT2D eigenvalue weighted by atomic mass is 32.2. The van der Waals surface area contributed by atoms with E-state index in [2.05, 4.69) is 0 Å². The summed E-state index contributed by atoms with van der Waals surface area (Å²) in [6, 6.07) is 1.80. The predicted octanol–water partition coefficient (Wildman–Crippen LogP) is 1.73. The second-order valence-corrected chi connectivity index (χ2v) is 7.98. The molecule has 0 radical (unpaired) electrons. The molecular weight excluding hydrogens is 288 g/mol. The van der Waals surface area contributed by atoms with Crippen LogP contribution in [0.1, 0.15) is 36.5 Å². The molecule has 0 spiro atoms. The van der Waals surface area contributed by atoms with E-state index in [1.165, 1.54) is 4.31 Å². The average Bonchev–Trinajstić information content (AvgIpc) is 2.33. The van der Waals surface area contributed by atoms with Gasteiger partial charge < -0.3 is 10.8 Å². The normalized spacial score (nSPS) is 18.5. The first kappa shape index (κ1) is 16.3. The lowest BCUT2D eigenvalue weighted by molar-refractivity contribution is -0.0653. The number of nitrogens with two attached hydrogens (primary N) is 1. The van der Waals surface area contributed by atoms with Gasteiger partial charge >= 0.3 is 0 Å². The Labute approximate surface area is 126 Å². The summed E-state index contributed by atoms with van der Waals surface area (Å²) >= 11 is 0. The Morgan fingerprint density at radius 3 is 2.38 bits per heavy atom. The van der Waals surface area contributed by atoms with Crippen LogP contribution in [0.25, 0.3) is 0 Å². The van der Waals surface area contributed by atoms with Crippen LogP contribution in [0.2, 0.25) is 0 Å². The maximum absolute atomic E-state index is 12.8. The van der Waals surface area contributed by atoms with Crippen molar-refractivity contribution in [1.29, 1.82) is 0 Å². The zero-order valence-corrected chi connectivity index (χ0v) is 13.9. The van der Waals surface area contributed by atoms with Crippen LogP contribution in [-0.4, -0.2) is 36.5 Å². The molecule has 1 heterocycles. The number of nitrogens with zero attached hydrogens (tertiary/aromatic N) is 1. The number of rotatable bonds is 4. The van der Waals surface area contributed by atoms with Crippen molar-refractivity contribution in [3.8, 4) is 0 Å². The van der Waals surface area contributed by atoms with Crippen molar-refractivity contribution in [2.24, 2.45) is 0 Å². The van der Waals surface area contributed by atoms with Gasteiger partial charge in [0.1, 0.15) is 0 Å². The molecule has 1 aliphatic heterocycles. The van der Waals surface area contributed by atoms with Crippen molar-refractivity contribution in [2.45, 2.75) is 51.0 Å². The van der Waals surface area contributed by atoms with E-state index in [0.717, 1.165) is 17.5 Å². The van der Waals surface area contributed by atoms with Crippen LogP contribution in [0.5, 0.6) is 0 Å². The van der Waals surface area contributed by atoms with Gasteiger partial charge in [-0.25, -0.2) is 8.42 Å². The Kier molecular flexibility index (Phi) is 4.08. The molecule has 6 heteroatoms. The molecule has 0 unspecified atom stereocenters. The minimum absolute atomic E-state index is 0.163. The Bertz CT molecular complexity index is 636. The number of aryl methyl sites for hydroxylation is 1. The number of nitrogen functional groups attached to an aromatic ring is 1. The minimum Gasteiger partial charge on any atom is -0.398 e. The van der Waals surface area contributed by atoms with Gasteiger partial charge in [-0.1, -0.05) is 13.3 Å². The van der Waals surface area contributed by atoms with Gasteiger partial charge in [0.2, 0.25) is 10.0 Å². The van der Waals surface area contributed by atoms with E-state index in [9.17, 15) is 13.5 Å². The van der Waals surface area contributed by atoms with Gasteiger partial charge in [0, 0.05) is 18.8 Å². The smallest absolute Gasteiger partial charge is 0.243 e. The second-order valence-electron chi connectivity index (χ2n) is 6.11. The summed E-state index contributed by atoms with van der Waals surface area (Å²) < 4.78 is 27.0. The molecule has 0 atom stereocenters. The molecule has 0 saturated carbocycles. The third kappa shape index (κ3) is 2.67. The highest BCUT2D eigenvalue weighted by molar-refractivity contribution is 7.89.